The van der Waals surface area contributed by atoms with Crippen molar-refractivity contribution in [3.05, 3.63) is 52.1 Å². The second kappa shape index (κ2) is 8.03. The molecule has 0 saturated carbocycles. The first-order valence-electron chi connectivity index (χ1n) is 8.77. The predicted octanol–water partition coefficient (Wildman–Crippen LogP) is 2.97. The highest BCUT2D eigenvalue weighted by Gasteiger charge is 2.25. The van der Waals surface area contributed by atoms with Crippen molar-refractivity contribution in [2.24, 2.45) is 0 Å². The standard InChI is InChI=1S/C18H21N3O6S/c1-3-20(4-2)28(24,25)14-6-7-15(16(10-14)21(22)23)19-11-13-5-8-17-18(9-13)27-12-26-17/h5-10,19H,3-4,11-12H2,1-2H3. The second-order valence-corrected chi connectivity index (χ2v) is 8.00. The number of nitro benzene ring substituents is 1. The molecule has 1 N–H and O–H groups in total. The molecule has 0 unspecified atom stereocenters. The van der Waals surface area contributed by atoms with Crippen molar-refractivity contribution in [1.82, 2.24) is 4.31 Å². The number of sulfonamides is 1. The fraction of sp³-hybridized carbons (Fsp3) is 0.333. The summed E-state index contributed by atoms with van der Waals surface area (Å²) in [4.78, 5) is 10.8. The lowest BCUT2D eigenvalue weighted by atomic mass is 10.2. The smallest absolute Gasteiger partial charge is 0.293 e. The lowest BCUT2D eigenvalue weighted by Gasteiger charge is -2.18. The summed E-state index contributed by atoms with van der Waals surface area (Å²) in [5.41, 5.74) is 0.786. The van der Waals surface area contributed by atoms with Gasteiger partial charge in [-0.25, -0.2) is 8.42 Å². The molecular formula is C18H21N3O6S. The van der Waals surface area contributed by atoms with Crippen molar-refractivity contribution in [2.75, 3.05) is 25.2 Å². The fourth-order valence-electron chi connectivity index (χ4n) is 2.93. The highest BCUT2D eigenvalue weighted by atomic mass is 32.2. The number of benzene rings is 2. The molecule has 2 aromatic rings. The number of nitro groups is 1. The van der Waals surface area contributed by atoms with E-state index >= 15 is 0 Å². The molecule has 28 heavy (non-hydrogen) atoms. The quantitative estimate of drug-likeness (QED) is 0.529. The van der Waals surface area contributed by atoms with Gasteiger partial charge in [-0.05, 0) is 29.8 Å². The average molecular weight is 407 g/mol. The molecule has 0 radical (unpaired) electrons. The zero-order chi connectivity index (χ0) is 20.3. The summed E-state index contributed by atoms with van der Waals surface area (Å²) in [6.45, 7) is 4.49. The molecule has 150 valence electrons. The molecule has 10 heteroatoms. The second-order valence-electron chi connectivity index (χ2n) is 6.07. The van der Waals surface area contributed by atoms with Crippen molar-refractivity contribution >= 4 is 21.4 Å². The molecule has 0 amide bonds. The van der Waals surface area contributed by atoms with E-state index in [9.17, 15) is 18.5 Å². The van der Waals surface area contributed by atoms with Crippen LogP contribution in [0, 0.1) is 10.1 Å². The van der Waals surface area contributed by atoms with Crippen LogP contribution in [-0.2, 0) is 16.6 Å². The molecule has 0 atom stereocenters. The Bertz CT molecular complexity index is 989. The van der Waals surface area contributed by atoms with Gasteiger partial charge in [0.25, 0.3) is 5.69 Å². The highest BCUT2D eigenvalue weighted by Crippen LogP contribution is 2.33. The minimum Gasteiger partial charge on any atom is -0.454 e. The van der Waals surface area contributed by atoms with E-state index in [0.29, 0.717) is 18.0 Å². The molecule has 0 spiro atoms. The van der Waals surface area contributed by atoms with Gasteiger partial charge in [-0.15, -0.1) is 0 Å². The van der Waals surface area contributed by atoms with E-state index in [2.05, 4.69) is 5.32 Å². The first-order chi connectivity index (χ1) is 13.4. The number of nitrogens with zero attached hydrogens (tertiary/aromatic N) is 2. The Morgan fingerprint density at radius 1 is 1.11 bits per heavy atom. The van der Waals surface area contributed by atoms with Crippen molar-refractivity contribution in [1.29, 1.82) is 0 Å². The molecule has 0 fully saturated rings. The fourth-order valence-corrected chi connectivity index (χ4v) is 4.41. The van der Waals surface area contributed by atoms with E-state index in [-0.39, 0.29) is 36.2 Å². The Balaban J connectivity index is 1.84. The maximum Gasteiger partial charge on any atom is 0.293 e. The van der Waals surface area contributed by atoms with Crippen molar-refractivity contribution in [3.8, 4) is 11.5 Å². The molecule has 1 aliphatic heterocycles. The van der Waals surface area contributed by atoms with Gasteiger partial charge >= 0.3 is 0 Å². The van der Waals surface area contributed by atoms with Crippen LogP contribution >= 0.6 is 0 Å². The van der Waals surface area contributed by atoms with Crippen molar-refractivity contribution in [3.63, 3.8) is 0 Å². The first-order valence-corrected chi connectivity index (χ1v) is 10.2. The minimum absolute atomic E-state index is 0.100. The van der Waals surface area contributed by atoms with Crippen LogP contribution in [0.25, 0.3) is 0 Å². The van der Waals surface area contributed by atoms with Crippen LogP contribution in [0.4, 0.5) is 11.4 Å². The Morgan fingerprint density at radius 2 is 1.82 bits per heavy atom. The summed E-state index contributed by atoms with van der Waals surface area (Å²) < 4.78 is 37.1. The van der Waals surface area contributed by atoms with E-state index in [1.54, 1.807) is 26.0 Å². The Kier molecular flexibility index (Phi) is 5.71. The molecule has 0 aromatic heterocycles. The maximum atomic E-state index is 12.6. The van der Waals surface area contributed by atoms with Crippen LogP contribution in [-0.4, -0.2) is 37.5 Å². The van der Waals surface area contributed by atoms with Gasteiger partial charge in [0.15, 0.2) is 11.5 Å². The van der Waals surface area contributed by atoms with Gasteiger partial charge in [0.1, 0.15) is 5.69 Å². The van der Waals surface area contributed by atoms with Gasteiger partial charge < -0.3 is 14.8 Å². The van der Waals surface area contributed by atoms with Gasteiger partial charge in [0, 0.05) is 25.7 Å². The van der Waals surface area contributed by atoms with Crippen LogP contribution in [0.5, 0.6) is 11.5 Å². The predicted molar refractivity (Wildman–Crippen MR) is 103 cm³/mol. The van der Waals surface area contributed by atoms with Crippen LogP contribution in [0.15, 0.2) is 41.3 Å². The number of anilines is 1. The summed E-state index contributed by atoms with van der Waals surface area (Å²) in [5, 5.41) is 14.5. The SMILES string of the molecule is CCN(CC)S(=O)(=O)c1ccc(NCc2ccc3c(c2)OCO3)c([N+](=O)[O-])c1. The zero-order valence-corrected chi connectivity index (χ0v) is 16.4. The molecule has 0 aliphatic carbocycles. The minimum atomic E-state index is -3.78. The Morgan fingerprint density at radius 3 is 2.50 bits per heavy atom. The molecule has 3 rings (SSSR count). The van der Waals surface area contributed by atoms with E-state index in [1.807, 2.05) is 6.07 Å². The molecule has 2 aromatic carbocycles. The highest BCUT2D eigenvalue weighted by molar-refractivity contribution is 7.89. The normalized spacial score (nSPS) is 13.0. The third-order valence-electron chi connectivity index (χ3n) is 4.43. The number of hydrogen-bond acceptors (Lipinski definition) is 7. The zero-order valence-electron chi connectivity index (χ0n) is 15.5. The van der Waals surface area contributed by atoms with E-state index in [1.165, 1.54) is 16.4 Å². The van der Waals surface area contributed by atoms with E-state index < -0.39 is 14.9 Å². The summed E-state index contributed by atoms with van der Waals surface area (Å²) in [6, 6.07) is 9.28. The number of ether oxygens (including phenoxy) is 2. The van der Waals surface area contributed by atoms with Crippen molar-refractivity contribution < 1.29 is 22.8 Å². The van der Waals surface area contributed by atoms with Crippen LogP contribution in [0.3, 0.4) is 0 Å². The molecule has 0 bridgehead atoms. The van der Waals surface area contributed by atoms with Gasteiger partial charge in [0.2, 0.25) is 16.8 Å². The monoisotopic (exact) mass is 407 g/mol. The molecule has 1 aliphatic rings. The summed E-state index contributed by atoms with van der Waals surface area (Å²) in [5.74, 6) is 1.27. The number of hydrogen-bond donors (Lipinski definition) is 1. The van der Waals surface area contributed by atoms with Gasteiger partial charge in [-0.2, -0.15) is 4.31 Å². The molecule has 9 nitrogen and oxygen atoms in total. The Hall–Kier alpha value is -2.85. The van der Waals surface area contributed by atoms with Gasteiger partial charge in [0.05, 0.1) is 9.82 Å². The topological polar surface area (TPSA) is 111 Å². The van der Waals surface area contributed by atoms with Crippen LogP contribution < -0.4 is 14.8 Å². The summed E-state index contributed by atoms with van der Waals surface area (Å²) >= 11 is 0. The summed E-state index contributed by atoms with van der Waals surface area (Å²) in [7, 11) is -3.78. The van der Waals surface area contributed by atoms with Crippen LogP contribution in [0.2, 0.25) is 0 Å². The average Bonchev–Trinajstić information content (AvgIpc) is 3.14. The van der Waals surface area contributed by atoms with Gasteiger partial charge in [-0.1, -0.05) is 19.9 Å². The largest absolute Gasteiger partial charge is 0.454 e. The number of rotatable bonds is 8. The third-order valence-corrected chi connectivity index (χ3v) is 6.47. The maximum absolute atomic E-state index is 12.6. The lowest BCUT2D eigenvalue weighted by molar-refractivity contribution is -0.384. The van der Waals surface area contributed by atoms with Crippen LogP contribution in [0.1, 0.15) is 19.4 Å². The molecule has 1 heterocycles. The number of fused-ring (bicyclic) bond motifs is 1. The molecular weight excluding hydrogens is 386 g/mol. The van der Waals surface area contributed by atoms with E-state index in [0.717, 1.165) is 11.6 Å². The van der Waals surface area contributed by atoms with Crippen molar-refractivity contribution in [2.45, 2.75) is 25.3 Å². The van der Waals surface area contributed by atoms with Gasteiger partial charge in [-0.3, -0.25) is 10.1 Å². The summed E-state index contributed by atoms with van der Waals surface area (Å²) in [6.07, 6.45) is 0. The number of nitrogens with one attached hydrogen (secondary N) is 1. The van der Waals surface area contributed by atoms with E-state index in [4.69, 9.17) is 9.47 Å². The molecule has 0 saturated heterocycles. The third kappa shape index (κ3) is 3.87. The first kappa shape index (κ1) is 19.9. The Labute approximate surface area is 163 Å². The lowest BCUT2D eigenvalue weighted by Crippen LogP contribution is -2.30.